The van der Waals surface area contributed by atoms with Crippen molar-refractivity contribution < 1.29 is 0 Å². The third-order valence-electron chi connectivity index (χ3n) is 3.03. The molecule has 19 heavy (non-hydrogen) atoms. The van der Waals surface area contributed by atoms with Crippen LogP contribution in [0.3, 0.4) is 0 Å². The normalized spacial score (nSPS) is 11.6. The Morgan fingerprint density at radius 1 is 1.32 bits per heavy atom. The maximum Gasteiger partial charge on any atom is 0.151 e. The second kappa shape index (κ2) is 5.87. The number of aromatic nitrogens is 1. The van der Waals surface area contributed by atoms with Gasteiger partial charge in [0.1, 0.15) is 6.07 Å². The Morgan fingerprint density at radius 2 is 2.05 bits per heavy atom. The largest absolute Gasteiger partial charge is 0.395 e. The molecule has 0 spiro atoms. The predicted molar refractivity (Wildman–Crippen MR) is 76.5 cm³/mol. The smallest absolute Gasteiger partial charge is 0.151 e. The van der Waals surface area contributed by atoms with Gasteiger partial charge in [-0.1, -0.05) is 37.3 Å². The molecule has 96 valence electrons. The Labute approximate surface area is 112 Å². The number of nitrogens with zero attached hydrogens (tertiary/aromatic N) is 2. The van der Waals surface area contributed by atoms with E-state index in [-0.39, 0.29) is 6.04 Å². The number of nitrogens with one attached hydrogen (secondary N) is 1. The van der Waals surface area contributed by atoms with Crippen LogP contribution in [-0.4, -0.2) is 4.98 Å². The summed E-state index contributed by atoms with van der Waals surface area (Å²) in [5.74, 6) is 0.565. The quantitative estimate of drug-likeness (QED) is 0.876. The summed E-state index contributed by atoms with van der Waals surface area (Å²) in [6, 6.07) is 13.9. The molecule has 0 saturated carbocycles. The second-order valence-corrected chi connectivity index (χ2v) is 4.25. The van der Waals surface area contributed by atoms with Crippen LogP contribution in [-0.2, 0) is 0 Å². The average molecular weight is 252 g/mol. The lowest BCUT2D eigenvalue weighted by Crippen LogP contribution is -2.12. The van der Waals surface area contributed by atoms with Crippen molar-refractivity contribution in [1.29, 1.82) is 5.26 Å². The van der Waals surface area contributed by atoms with E-state index in [4.69, 9.17) is 11.0 Å². The highest BCUT2D eigenvalue weighted by atomic mass is 15.0. The highest BCUT2D eigenvalue weighted by Gasteiger charge is 2.12. The lowest BCUT2D eigenvalue weighted by Gasteiger charge is -2.19. The number of nitrogens with two attached hydrogens (primary N) is 1. The summed E-state index contributed by atoms with van der Waals surface area (Å²) >= 11 is 0. The number of pyridine rings is 1. The lowest BCUT2D eigenvalue weighted by atomic mass is 10.0. The zero-order valence-corrected chi connectivity index (χ0v) is 10.8. The summed E-state index contributed by atoms with van der Waals surface area (Å²) in [7, 11) is 0. The Bertz CT molecular complexity index is 587. The molecule has 1 unspecified atom stereocenters. The SMILES string of the molecule is CCC(Nc1nccc(C#N)c1N)c1ccccc1. The summed E-state index contributed by atoms with van der Waals surface area (Å²) in [5, 5.41) is 12.3. The van der Waals surface area contributed by atoms with E-state index < -0.39 is 0 Å². The fourth-order valence-corrected chi connectivity index (χ4v) is 1.96. The number of nitriles is 1. The Hall–Kier alpha value is -2.54. The molecule has 0 amide bonds. The fraction of sp³-hybridized carbons (Fsp3) is 0.200. The van der Waals surface area contributed by atoms with Crippen LogP contribution in [0.15, 0.2) is 42.6 Å². The van der Waals surface area contributed by atoms with E-state index in [0.29, 0.717) is 17.1 Å². The molecule has 1 aromatic heterocycles. The molecule has 2 aromatic rings. The summed E-state index contributed by atoms with van der Waals surface area (Å²) in [6.45, 7) is 2.09. The van der Waals surface area contributed by atoms with Crippen molar-refractivity contribution in [3.05, 3.63) is 53.7 Å². The molecule has 2 rings (SSSR count). The van der Waals surface area contributed by atoms with Crippen LogP contribution in [0, 0.1) is 11.3 Å². The fourth-order valence-electron chi connectivity index (χ4n) is 1.96. The summed E-state index contributed by atoms with van der Waals surface area (Å²) in [6.07, 6.45) is 2.50. The van der Waals surface area contributed by atoms with Crippen molar-refractivity contribution in [2.75, 3.05) is 11.1 Å². The van der Waals surface area contributed by atoms with Gasteiger partial charge in [-0.15, -0.1) is 0 Å². The summed E-state index contributed by atoms with van der Waals surface area (Å²) in [4.78, 5) is 4.21. The van der Waals surface area contributed by atoms with Gasteiger partial charge in [-0.25, -0.2) is 4.98 Å². The zero-order chi connectivity index (χ0) is 13.7. The van der Waals surface area contributed by atoms with Gasteiger partial charge in [0.2, 0.25) is 0 Å². The van der Waals surface area contributed by atoms with Crippen LogP contribution < -0.4 is 11.1 Å². The minimum atomic E-state index is 0.130. The minimum Gasteiger partial charge on any atom is -0.395 e. The van der Waals surface area contributed by atoms with Crippen molar-refractivity contribution in [3.8, 4) is 6.07 Å². The Morgan fingerprint density at radius 3 is 2.68 bits per heavy atom. The monoisotopic (exact) mass is 252 g/mol. The highest BCUT2D eigenvalue weighted by molar-refractivity contribution is 5.69. The summed E-state index contributed by atoms with van der Waals surface area (Å²) < 4.78 is 0. The van der Waals surface area contributed by atoms with Gasteiger partial charge in [-0.05, 0) is 18.1 Å². The first-order chi connectivity index (χ1) is 9.26. The molecule has 4 nitrogen and oxygen atoms in total. The standard InChI is InChI=1S/C15H16N4/c1-2-13(11-6-4-3-5-7-11)19-15-14(17)12(10-16)8-9-18-15/h3-9,13H,2,17H2,1H3,(H,18,19). The molecular formula is C15H16N4. The van der Waals surface area contributed by atoms with Gasteiger partial charge in [0.25, 0.3) is 0 Å². The van der Waals surface area contributed by atoms with Crippen molar-refractivity contribution in [1.82, 2.24) is 4.98 Å². The molecule has 0 aliphatic carbocycles. The average Bonchev–Trinajstić information content (AvgIpc) is 2.47. The van der Waals surface area contributed by atoms with Crippen LogP contribution in [0.5, 0.6) is 0 Å². The van der Waals surface area contributed by atoms with Gasteiger partial charge in [0.15, 0.2) is 5.82 Å². The van der Waals surface area contributed by atoms with E-state index in [1.165, 1.54) is 5.56 Å². The van der Waals surface area contributed by atoms with Gasteiger partial charge in [0.05, 0.1) is 17.3 Å². The van der Waals surface area contributed by atoms with Gasteiger partial charge in [-0.2, -0.15) is 5.26 Å². The van der Waals surface area contributed by atoms with Crippen LogP contribution in [0.2, 0.25) is 0 Å². The molecule has 0 aliphatic heterocycles. The second-order valence-electron chi connectivity index (χ2n) is 4.25. The number of benzene rings is 1. The van der Waals surface area contributed by atoms with Gasteiger partial charge < -0.3 is 11.1 Å². The van der Waals surface area contributed by atoms with Crippen molar-refractivity contribution in [2.24, 2.45) is 0 Å². The first-order valence-electron chi connectivity index (χ1n) is 6.22. The first-order valence-corrected chi connectivity index (χ1v) is 6.22. The van der Waals surface area contributed by atoms with E-state index in [9.17, 15) is 0 Å². The minimum absolute atomic E-state index is 0.130. The first kappa shape index (κ1) is 12.9. The molecule has 0 saturated heterocycles. The van der Waals surface area contributed by atoms with Gasteiger partial charge >= 0.3 is 0 Å². The van der Waals surface area contributed by atoms with Crippen LogP contribution >= 0.6 is 0 Å². The van der Waals surface area contributed by atoms with Crippen LogP contribution in [0.25, 0.3) is 0 Å². The van der Waals surface area contributed by atoms with E-state index in [1.54, 1.807) is 12.3 Å². The van der Waals surface area contributed by atoms with E-state index in [0.717, 1.165) is 6.42 Å². The van der Waals surface area contributed by atoms with Gasteiger partial charge in [-0.3, -0.25) is 0 Å². The maximum atomic E-state index is 8.97. The molecule has 1 atom stereocenters. The van der Waals surface area contributed by atoms with E-state index in [2.05, 4.69) is 35.4 Å². The maximum absolute atomic E-state index is 8.97. The van der Waals surface area contributed by atoms with Crippen LogP contribution in [0.1, 0.15) is 30.5 Å². The van der Waals surface area contributed by atoms with Crippen molar-refractivity contribution in [2.45, 2.75) is 19.4 Å². The van der Waals surface area contributed by atoms with E-state index in [1.807, 2.05) is 18.2 Å². The van der Waals surface area contributed by atoms with Crippen LogP contribution in [0.4, 0.5) is 11.5 Å². The molecule has 1 aromatic carbocycles. The molecule has 0 fully saturated rings. The third-order valence-corrected chi connectivity index (χ3v) is 3.03. The Kier molecular flexibility index (Phi) is 3.99. The topological polar surface area (TPSA) is 74.7 Å². The molecular weight excluding hydrogens is 236 g/mol. The molecule has 0 radical (unpaired) electrons. The van der Waals surface area contributed by atoms with E-state index >= 15 is 0 Å². The third kappa shape index (κ3) is 2.83. The van der Waals surface area contributed by atoms with Crippen molar-refractivity contribution >= 4 is 11.5 Å². The Balaban J connectivity index is 2.27. The molecule has 3 N–H and O–H groups in total. The molecule has 0 aliphatic rings. The number of hydrogen-bond donors (Lipinski definition) is 2. The summed E-state index contributed by atoms with van der Waals surface area (Å²) in [5.41, 5.74) is 7.95. The number of hydrogen-bond acceptors (Lipinski definition) is 4. The number of anilines is 2. The molecule has 1 heterocycles. The number of rotatable bonds is 4. The predicted octanol–water partition coefficient (Wildman–Crippen LogP) is 3.10. The molecule has 4 heteroatoms. The zero-order valence-electron chi connectivity index (χ0n) is 10.8. The van der Waals surface area contributed by atoms with Crippen molar-refractivity contribution in [3.63, 3.8) is 0 Å². The molecule has 0 bridgehead atoms. The lowest BCUT2D eigenvalue weighted by molar-refractivity contribution is 0.745. The number of nitrogen functional groups attached to an aromatic ring is 1. The highest BCUT2D eigenvalue weighted by Crippen LogP contribution is 2.26. The van der Waals surface area contributed by atoms with Gasteiger partial charge in [0, 0.05) is 6.20 Å².